The van der Waals surface area contributed by atoms with Crippen LogP contribution in [0, 0.1) is 0 Å². The van der Waals surface area contributed by atoms with E-state index in [4.69, 9.17) is 4.74 Å². The van der Waals surface area contributed by atoms with E-state index in [1.165, 1.54) is 41.3 Å². The Kier molecular flexibility index (Phi) is 5.39. The van der Waals surface area contributed by atoms with Gasteiger partial charge in [-0.15, -0.1) is 0 Å². The van der Waals surface area contributed by atoms with Gasteiger partial charge in [0.15, 0.2) is 0 Å². The third kappa shape index (κ3) is 4.04. The second-order valence-corrected chi connectivity index (χ2v) is 6.80. The monoisotopic (exact) mass is 443 g/mol. The van der Waals surface area contributed by atoms with Gasteiger partial charge in [0.05, 0.1) is 29.6 Å². The first-order valence-corrected chi connectivity index (χ1v) is 9.30. The maximum Gasteiger partial charge on any atom is 0.416 e. The predicted octanol–water partition coefficient (Wildman–Crippen LogP) is 3.67. The molecule has 0 radical (unpaired) electrons. The molecule has 0 saturated heterocycles. The van der Waals surface area contributed by atoms with Gasteiger partial charge in [-0.2, -0.15) is 18.3 Å². The number of halogens is 3. The van der Waals surface area contributed by atoms with Crippen LogP contribution in [0.1, 0.15) is 15.9 Å². The number of nitrogens with one attached hydrogen (secondary N) is 1. The van der Waals surface area contributed by atoms with Gasteiger partial charge in [0.25, 0.3) is 0 Å². The lowest BCUT2D eigenvalue weighted by Gasteiger charge is -2.15. The standard InChI is InChI=1S/C21H16F3N5O3/c1-32-20(31)15-9-28(17-5-3-2-4-14(15)17)10-19(30)27-16-8-13(21(22,23)24)6-7-18(16)29-12-25-11-26-29/h2-9,11-12H,10H2,1H3,(H,27,30). The Labute approximate surface area is 179 Å². The second-order valence-electron chi connectivity index (χ2n) is 6.80. The van der Waals surface area contributed by atoms with Crippen LogP contribution in [0.3, 0.4) is 0 Å². The summed E-state index contributed by atoms with van der Waals surface area (Å²) in [5, 5.41) is 7.02. The summed E-state index contributed by atoms with van der Waals surface area (Å²) in [5.41, 5.74) is 0.0920. The summed E-state index contributed by atoms with van der Waals surface area (Å²) in [4.78, 5) is 28.6. The van der Waals surface area contributed by atoms with E-state index >= 15 is 0 Å². The Morgan fingerprint density at radius 2 is 1.94 bits per heavy atom. The molecule has 0 fully saturated rings. The van der Waals surface area contributed by atoms with Crippen LogP contribution < -0.4 is 5.32 Å². The van der Waals surface area contributed by atoms with E-state index in [1.807, 2.05) is 0 Å². The normalized spacial score (nSPS) is 11.5. The molecule has 0 aliphatic rings. The van der Waals surface area contributed by atoms with Crippen LogP contribution >= 0.6 is 0 Å². The molecule has 8 nitrogen and oxygen atoms in total. The first kappa shape index (κ1) is 21.1. The molecule has 0 bridgehead atoms. The van der Waals surface area contributed by atoms with Crippen molar-refractivity contribution in [1.29, 1.82) is 0 Å². The quantitative estimate of drug-likeness (QED) is 0.476. The van der Waals surface area contributed by atoms with Gasteiger partial charge in [0, 0.05) is 17.1 Å². The van der Waals surface area contributed by atoms with Crippen LogP contribution in [0.2, 0.25) is 0 Å². The predicted molar refractivity (Wildman–Crippen MR) is 108 cm³/mol. The minimum Gasteiger partial charge on any atom is -0.465 e. The molecule has 4 rings (SSSR count). The summed E-state index contributed by atoms with van der Waals surface area (Å²) >= 11 is 0. The number of methoxy groups -OCH3 is 1. The second kappa shape index (κ2) is 8.17. The number of anilines is 1. The smallest absolute Gasteiger partial charge is 0.416 e. The maximum atomic E-state index is 13.2. The number of carbonyl (C=O) groups is 2. The van der Waals surface area contributed by atoms with E-state index < -0.39 is 23.6 Å². The molecule has 4 aromatic rings. The topological polar surface area (TPSA) is 91.0 Å². The van der Waals surface area contributed by atoms with Crippen LogP contribution in [-0.4, -0.2) is 38.3 Å². The van der Waals surface area contributed by atoms with Crippen molar-refractivity contribution in [2.24, 2.45) is 0 Å². The number of para-hydroxylation sites is 1. The molecule has 2 aromatic heterocycles. The van der Waals surface area contributed by atoms with Gasteiger partial charge in [0.1, 0.15) is 19.2 Å². The number of benzene rings is 2. The van der Waals surface area contributed by atoms with Crippen molar-refractivity contribution >= 4 is 28.5 Å². The van der Waals surface area contributed by atoms with E-state index in [-0.39, 0.29) is 23.5 Å². The zero-order valence-electron chi connectivity index (χ0n) is 16.6. The molecule has 0 saturated carbocycles. The maximum absolute atomic E-state index is 13.2. The number of nitrogens with zero attached hydrogens (tertiary/aromatic N) is 4. The number of rotatable bonds is 5. The Morgan fingerprint density at radius 1 is 1.16 bits per heavy atom. The summed E-state index contributed by atoms with van der Waals surface area (Å²) in [6.45, 7) is -0.245. The van der Waals surface area contributed by atoms with Crippen LogP contribution in [0.5, 0.6) is 0 Å². The summed E-state index contributed by atoms with van der Waals surface area (Å²) < 4.78 is 47.2. The molecule has 11 heteroatoms. The first-order valence-electron chi connectivity index (χ1n) is 9.30. The van der Waals surface area contributed by atoms with Gasteiger partial charge in [-0.3, -0.25) is 4.79 Å². The molecule has 0 aliphatic carbocycles. The zero-order valence-corrected chi connectivity index (χ0v) is 16.6. The third-order valence-electron chi connectivity index (χ3n) is 4.77. The third-order valence-corrected chi connectivity index (χ3v) is 4.77. The average molecular weight is 443 g/mol. The van der Waals surface area contributed by atoms with E-state index in [1.54, 1.807) is 24.3 Å². The number of hydrogen-bond donors (Lipinski definition) is 1. The molecule has 0 aliphatic heterocycles. The van der Waals surface area contributed by atoms with Gasteiger partial charge in [0.2, 0.25) is 5.91 Å². The van der Waals surface area contributed by atoms with Gasteiger partial charge < -0.3 is 14.6 Å². The Bertz CT molecular complexity index is 1300. The summed E-state index contributed by atoms with van der Waals surface area (Å²) in [7, 11) is 1.25. The van der Waals surface area contributed by atoms with Gasteiger partial charge in [-0.25, -0.2) is 14.5 Å². The number of ether oxygens (including phenoxy) is 1. The molecule has 2 aromatic carbocycles. The highest BCUT2D eigenvalue weighted by Crippen LogP contribution is 2.33. The highest BCUT2D eigenvalue weighted by Gasteiger charge is 2.31. The van der Waals surface area contributed by atoms with Crippen molar-refractivity contribution in [3.05, 3.63) is 72.4 Å². The molecule has 164 valence electrons. The van der Waals surface area contributed by atoms with E-state index in [9.17, 15) is 22.8 Å². The lowest BCUT2D eigenvalue weighted by molar-refractivity contribution is -0.137. The highest BCUT2D eigenvalue weighted by molar-refractivity contribution is 6.05. The lowest BCUT2D eigenvalue weighted by atomic mass is 10.1. The first-order chi connectivity index (χ1) is 15.3. The largest absolute Gasteiger partial charge is 0.465 e. The van der Waals surface area contributed by atoms with Crippen molar-refractivity contribution in [3.63, 3.8) is 0 Å². The van der Waals surface area contributed by atoms with Crippen LogP contribution in [0.15, 0.2) is 61.3 Å². The Morgan fingerprint density at radius 3 is 2.62 bits per heavy atom. The molecular formula is C21H16F3N5O3. The minimum atomic E-state index is -4.59. The number of fused-ring (bicyclic) bond motifs is 1. The van der Waals surface area contributed by atoms with Crippen LogP contribution in [0.25, 0.3) is 16.6 Å². The Hall–Kier alpha value is -4.15. The molecule has 1 N–H and O–H groups in total. The molecule has 1 amide bonds. The SMILES string of the molecule is COC(=O)c1cn(CC(=O)Nc2cc(C(F)(F)F)ccc2-n2cncn2)c2ccccc12. The van der Waals surface area contributed by atoms with Crippen molar-refractivity contribution in [2.75, 3.05) is 12.4 Å². The molecular weight excluding hydrogens is 427 g/mol. The average Bonchev–Trinajstić information content (AvgIpc) is 3.41. The van der Waals surface area contributed by atoms with Crippen LogP contribution in [-0.2, 0) is 22.3 Å². The molecule has 0 atom stereocenters. The number of esters is 1. The summed E-state index contributed by atoms with van der Waals surface area (Å²) in [6.07, 6.45) is -0.586. The van der Waals surface area contributed by atoms with Gasteiger partial charge in [-0.1, -0.05) is 18.2 Å². The summed E-state index contributed by atoms with van der Waals surface area (Å²) in [6, 6.07) is 9.86. The van der Waals surface area contributed by atoms with Crippen molar-refractivity contribution in [2.45, 2.75) is 12.7 Å². The van der Waals surface area contributed by atoms with Gasteiger partial charge >= 0.3 is 12.1 Å². The van der Waals surface area contributed by atoms with E-state index in [2.05, 4.69) is 15.4 Å². The van der Waals surface area contributed by atoms with E-state index in [0.29, 0.717) is 10.9 Å². The van der Waals surface area contributed by atoms with Crippen molar-refractivity contribution in [1.82, 2.24) is 19.3 Å². The van der Waals surface area contributed by atoms with E-state index in [0.717, 1.165) is 12.1 Å². The lowest BCUT2D eigenvalue weighted by Crippen LogP contribution is -2.20. The minimum absolute atomic E-state index is 0.0834. The summed E-state index contributed by atoms with van der Waals surface area (Å²) in [5.74, 6) is -1.16. The number of alkyl halides is 3. The zero-order chi connectivity index (χ0) is 22.9. The van der Waals surface area contributed by atoms with Crippen molar-refractivity contribution in [3.8, 4) is 5.69 Å². The molecule has 32 heavy (non-hydrogen) atoms. The fourth-order valence-electron chi connectivity index (χ4n) is 3.34. The highest BCUT2D eigenvalue weighted by atomic mass is 19.4. The number of hydrogen-bond acceptors (Lipinski definition) is 5. The molecule has 0 unspecified atom stereocenters. The van der Waals surface area contributed by atoms with Crippen molar-refractivity contribution < 1.29 is 27.5 Å². The number of carbonyl (C=O) groups excluding carboxylic acids is 2. The van der Waals surface area contributed by atoms with Gasteiger partial charge in [-0.05, 0) is 24.3 Å². The fourth-order valence-corrected chi connectivity index (χ4v) is 3.34. The molecule has 2 heterocycles. The number of amides is 1. The number of aromatic nitrogens is 4. The molecule has 0 spiro atoms. The van der Waals surface area contributed by atoms with Crippen LogP contribution in [0.4, 0.5) is 18.9 Å². The Balaban J connectivity index is 1.67. The fraction of sp³-hybridized carbons (Fsp3) is 0.143.